The molecule has 0 spiro atoms. The van der Waals surface area contributed by atoms with Gasteiger partial charge in [-0.05, 0) is 7.05 Å². The Kier molecular flexibility index (Phi) is 2.97. The number of hydrazine groups is 1. The molecule has 0 aliphatic rings. The van der Waals surface area contributed by atoms with Gasteiger partial charge in [-0.15, -0.1) is 0 Å². The summed E-state index contributed by atoms with van der Waals surface area (Å²) >= 11 is 0. The van der Waals surface area contributed by atoms with E-state index in [1.165, 1.54) is 7.05 Å². The summed E-state index contributed by atoms with van der Waals surface area (Å²) in [6.45, 7) is -0.306. The van der Waals surface area contributed by atoms with Crippen molar-refractivity contribution in [3.63, 3.8) is 0 Å². The third kappa shape index (κ3) is 3.84. The molecule has 0 aromatic heterocycles. The number of hydrogen-bond acceptors (Lipinski definition) is 4. The summed E-state index contributed by atoms with van der Waals surface area (Å²) in [7, 11) is 1.26. The number of rotatable bonds is 2. The van der Waals surface area contributed by atoms with E-state index in [1.54, 1.807) is 0 Å². The van der Waals surface area contributed by atoms with Gasteiger partial charge in [0.15, 0.2) is 0 Å². The second kappa shape index (κ2) is 3.05. The van der Waals surface area contributed by atoms with Crippen molar-refractivity contribution in [2.75, 3.05) is 13.8 Å². The van der Waals surface area contributed by atoms with Gasteiger partial charge in [-0.3, -0.25) is 0 Å². The Morgan fingerprint density at radius 3 is 2.50 bits per heavy atom. The molecular formula is C2H7N2O2-. The minimum atomic E-state index is -0.306. The molecule has 0 aliphatic heterocycles. The van der Waals surface area contributed by atoms with Gasteiger partial charge in [0.1, 0.15) is 6.73 Å². The van der Waals surface area contributed by atoms with Crippen molar-refractivity contribution < 1.29 is 5.11 Å². The van der Waals surface area contributed by atoms with Crippen LogP contribution in [0.5, 0.6) is 0 Å². The van der Waals surface area contributed by atoms with Gasteiger partial charge in [0, 0.05) is 0 Å². The Morgan fingerprint density at radius 1 is 2.00 bits per heavy atom. The molecule has 0 saturated heterocycles. The summed E-state index contributed by atoms with van der Waals surface area (Å²) in [5, 5.41) is 18.0. The first-order valence-electron chi connectivity index (χ1n) is 1.52. The number of aliphatic hydroxyl groups excluding tert-OH is 1. The highest BCUT2D eigenvalue weighted by Crippen LogP contribution is 1.57. The summed E-state index contributed by atoms with van der Waals surface area (Å²) in [6.07, 6.45) is 0. The largest absolute Gasteiger partial charge is 0.772 e. The molecule has 0 radical (unpaired) electrons. The third-order valence-corrected chi connectivity index (χ3v) is 0.293. The molecule has 0 heterocycles. The standard InChI is InChI=1S/C2H7N2O2/c1-4(6)3-2-5/h3,5H,2H2,1H3/q-1. The summed E-state index contributed by atoms with van der Waals surface area (Å²) < 4.78 is 0. The normalized spacial score (nSPS) is 10.0. The summed E-state index contributed by atoms with van der Waals surface area (Å²) in [5.74, 6) is 0. The van der Waals surface area contributed by atoms with E-state index in [1.807, 2.05) is 5.43 Å². The fourth-order valence-corrected chi connectivity index (χ4v) is 0.0996. The molecule has 4 heteroatoms. The lowest BCUT2D eigenvalue weighted by Gasteiger charge is -2.20. The Bertz CT molecular complexity index is 30.7. The van der Waals surface area contributed by atoms with Gasteiger partial charge in [0.2, 0.25) is 0 Å². The van der Waals surface area contributed by atoms with Gasteiger partial charge in [0.05, 0.1) is 0 Å². The molecule has 0 rings (SSSR count). The quantitative estimate of drug-likeness (QED) is 0.333. The molecule has 0 bridgehead atoms. The monoisotopic (exact) mass is 91.1 g/mol. The maximum Gasteiger partial charge on any atom is 0.105 e. The van der Waals surface area contributed by atoms with Crippen molar-refractivity contribution in [3.8, 4) is 0 Å². The summed E-state index contributed by atoms with van der Waals surface area (Å²) in [4.78, 5) is 0. The summed E-state index contributed by atoms with van der Waals surface area (Å²) in [6, 6.07) is 0. The minimum absolute atomic E-state index is 0.306. The number of hydroxylamine groups is 1. The van der Waals surface area contributed by atoms with Crippen LogP contribution in [-0.2, 0) is 0 Å². The van der Waals surface area contributed by atoms with E-state index in [4.69, 9.17) is 5.11 Å². The van der Waals surface area contributed by atoms with Crippen LogP contribution in [0.25, 0.3) is 0 Å². The van der Waals surface area contributed by atoms with E-state index >= 15 is 0 Å². The minimum Gasteiger partial charge on any atom is -0.772 e. The molecule has 0 aromatic carbocycles. The molecule has 0 aliphatic carbocycles. The van der Waals surface area contributed by atoms with Gasteiger partial charge in [-0.2, -0.15) is 0 Å². The highest BCUT2D eigenvalue weighted by atomic mass is 16.5. The summed E-state index contributed by atoms with van der Waals surface area (Å²) in [5.41, 5.74) is 2.04. The molecule has 0 amide bonds. The van der Waals surface area contributed by atoms with E-state index in [9.17, 15) is 5.21 Å². The van der Waals surface area contributed by atoms with Crippen molar-refractivity contribution in [3.05, 3.63) is 5.21 Å². The fourth-order valence-electron chi connectivity index (χ4n) is 0.0996. The molecule has 0 fully saturated rings. The van der Waals surface area contributed by atoms with Crippen LogP contribution in [0.1, 0.15) is 0 Å². The van der Waals surface area contributed by atoms with Crippen LogP contribution in [-0.4, -0.2) is 24.1 Å². The van der Waals surface area contributed by atoms with Gasteiger partial charge in [-0.1, -0.05) is 0 Å². The van der Waals surface area contributed by atoms with Crippen molar-refractivity contribution in [1.82, 2.24) is 10.6 Å². The number of nitrogens with zero attached hydrogens (tertiary/aromatic N) is 1. The van der Waals surface area contributed by atoms with Crippen LogP contribution in [0.2, 0.25) is 0 Å². The first-order valence-corrected chi connectivity index (χ1v) is 1.52. The van der Waals surface area contributed by atoms with Crippen LogP contribution >= 0.6 is 0 Å². The molecule has 0 saturated carbocycles. The first-order chi connectivity index (χ1) is 2.77. The first kappa shape index (κ1) is 5.84. The third-order valence-electron chi connectivity index (χ3n) is 0.293. The topological polar surface area (TPSA) is 58.6 Å². The highest BCUT2D eigenvalue weighted by molar-refractivity contribution is 4.30. The smallest absolute Gasteiger partial charge is 0.105 e. The van der Waals surface area contributed by atoms with Crippen LogP contribution in [0.4, 0.5) is 0 Å². The lowest BCUT2D eigenvalue weighted by atomic mass is 11.3. The van der Waals surface area contributed by atoms with Gasteiger partial charge >= 0.3 is 0 Å². The molecule has 38 valence electrons. The zero-order chi connectivity index (χ0) is 4.99. The molecule has 0 atom stereocenters. The van der Waals surface area contributed by atoms with Crippen LogP contribution < -0.4 is 5.43 Å². The second-order valence-corrected chi connectivity index (χ2v) is 0.814. The average molecular weight is 91.1 g/mol. The van der Waals surface area contributed by atoms with Crippen molar-refractivity contribution >= 4 is 0 Å². The van der Waals surface area contributed by atoms with E-state index in [-0.39, 0.29) is 6.73 Å². The maximum absolute atomic E-state index is 9.69. The van der Waals surface area contributed by atoms with Gasteiger partial charge < -0.3 is 15.5 Å². The predicted molar refractivity (Wildman–Crippen MR) is 21.4 cm³/mol. The van der Waals surface area contributed by atoms with E-state index in [0.29, 0.717) is 5.17 Å². The van der Waals surface area contributed by atoms with Crippen LogP contribution in [0.15, 0.2) is 0 Å². The Balaban J connectivity index is 2.63. The van der Waals surface area contributed by atoms with Gasteiger partial charge in [0.25, 0.3) is 0 Å². The van der Waals surface area contributed by atoms with Crippen molar-refractivity contribution in [2.24, 2.45) is 0 Å². The lowest BCUT2D eigenvalue weighted by Crippen LogP contribution is -2.29. The zero-order valence-electron chi connectivity index (χ0n) is 3.51. The maximum atomic E-state index is 9.69. The number of hydrogen-bond donors (Lipinski definition) is 2. The fraction of sp³-hybridized carbons (Fsp3) is 1.00. The predicted octanol–water partition coefficient (Wildman–Crippen LogP) is -1.13. The van der Waals surface area contributed by atoms with Crippen molar-refractivity contribution in [2.45, 2.75) is 0 Å². The molecule has 6 heavy (non-hydrogen) atoms. The van der Waals surface area contributed by atoms with Crippen molar-refractivity contribution in [1.29, 1.82) is 0 Å². The molecule has 0 aromatic rings. The molecule has 4 nitrogen and oxygen atoms in total. The number of nitrogens with one attached hydrogen (secondary N) is 1. The Morgan fingerprint density at radius 2 is 2.50 bits per heavy atom. The second-order valence-electron chi connectivity index (χ2n) is 0.814. The van der Waals surface area contributed by atoms with Crippen LogP contribution in [0, 0.1) is 5.21 Å². The Hall–Kier alpha value is -0.160. The average Bonchev–Trinajstić information content (AvgIpc) is 1.35. The SMILES string of the molecule is CN([O-])NCO. The van der Waals surface area contributed by atoms with E-state index in [2.05, 4.69) is 0 Å². The molecule has 2 N–H and O–H groups in total. The number of aliphatic hydroxyl groups is 1. The van der Waals surface area contributed by atoms with Crippen LogP contribution in [0.3, 0.4) is 0 Å². The Labute approximate surface area is 35.9 Å². The van der Waals surface area contributed by atoms with E-state index in [0.717, 1.165) is 0 Å². The molecular weight excluding hydrogens is 84.0 g/mol. The van der Waals surface area contributed by atoms with Gasteiger partial charge in [-0.25, -0.2) is 5.43 Å². The molecule has 0 unspecified atom stereocenters. The zero-order valence-corrected chi connectivity index (χ0v) is 3.51. The van der Waals surface area contributed by atoms with E-state index < -0.39 is 0 Å². The highest BCUT2D eigenvalue weighted by Gasteiger charge is 1.68. The lowest BCUT2D eigenvalue weighted by molar-refractivity contribution is 0.175.